The Morgan fingerprint density at radius 3 is 2.72 bits per heavy atom. The Morgan fingerprint density at radius 1 is 1.28 bits per heavy atom. The average molecular weight is 248 g/mol. The molecule has 18 heavy (non-hydrogen) atoms. The molecule has 1 aromatic rings. The highest BCUT2D eigenvalue weighted by atomic mass is 16.5. The monoisotopic (exact) mass is 248 g/mol. The van der Waals surface area contributed by atoms with E-state index in [-0.39, 0.29) is 18.1 Å². The topological polar surface area (TPSA) is 29.5 Å². The molecule has 1 aliphatic rings. The van der Waals surface area contributed by atoms with E-state index in [4.69, 9.17) is 4.74 Å². The lowest BCUT2D eigenvalue weighted by molar-refractivity contribution is 0.103. The van der Waals surface area contributed by atoms with Crippen molar-refractivity contribution in [1.29, 1.82) is 0 Å². The van der Waals surface area contributed by atoms with Crippen molar-refractivity contribution in [2.75, 3.05) is 0 Å². The van der Waals surface area contributed by atoms with Crippen LogP contribution in [0.15, 0.2) is 24.3 Å². The summed E-state index contributed by atoms with van der Waals surface area (Å²) in [6, 6.07) is 8.19. The molecule has 0 spiro atoms. The van der Waals surface area contributed by atoms with E-state index < -0.39 is 0 Å². The summed E-state index contributed by atoms with van der Waals surface area (Å²) in [5, 5.41) is 10.2. The van der Waals surface area contributed by atoms with Crippen LogP contribution in [0, 0.1) is 0 Å². The van der Waals surface area contributed by atoms with Crippen LogP contribution in [0.1, 0.15) is 57.4 Å². The van der Waals surface area contributed by atoms with E-state index >= 15 is 0 Å². The number of ether oxygens (including phenoxy) is 1. The van der Waals surface area contributed by atoms with Crippen molar-refractivity contribution in [2.24, 2.45) is 0 Å². The SMILES string of the molecule is CCC(C)Oc1ccccc1[C@@H]1CCCC[C@H]1O. The van der Waals surface area contributed by atoms with E-state index in [1.807, 2.05) is 18.2 Å². The lowest BCUT2D eigenvalue weighted by atomic mass is 9.81. The fourth-order valence-corrected chi connectivity index (χ4v) is 2.67. The van der Waals surface area contributed by atoms with Gasteiger partial charge in [-0.15, -0.1) is 0 Å². The highest BCUT2D eigenvalue weighted by Crippen LogP contribution is 2.37. The summed E-state index contributed by atoms with van der Waals surface area (Å²) >= 11 is 0. The molecule has 0 amide bonds. The van der Waals surface area contributed by atoms with Gasteiger partial charge >= 0.3 is 0 Å². The Balaban J connectivity index is 2.20. The molecule has 1 saturated carbocycles. The summed E-state index contributed by atoms with van der Waals surface area (Å²) in [7, 11) is 0. The molecule has 2 heteroatoms. The van der Waals surface area contributed by atoms with Crippen LogP contribution >= 0.6 is 0 Å². The molecule has 3 atom stereocenters. The van der Waals surface area contributed by atoms with Crippen LogP contribution in [0.4, 0.5) is 0 Å². The average Bonchev–Trinajstić information content (AvgIpc) is 2.40. The zero-order chi connectivity index (χ0) is 13.0. The van der Waals surface area contributed by atoms with Crippen LogP contribution in [-0.2, 0) is 0 Å². The van der Waals surface area contributed by atoms with Crippen LogP contribution < -0.4 is 4.74 Å². The second-order valence-corrected chi connectivity index (χ2v) is 5.33. The molecule has 1 unspecified atom stereocenters. The van der Waals surface area contributed by atoms with Crippen LogP contribution in [0.2, 0.25) is 0 Å². The summed E-state index contributed by atoms with van der Waals surface area (Å²) < 4.78 is 5.99. The van der Waals surface area contributed by atoms with E-state index in [0.717, 1.165) is 31.4 Å². The first-order valence-electron chi connectivity index (χ1n) is 7.16. The lowest BCUT2D eigenvalue weighted by Crippen LogP contribution is -2.23. The zero-order valence-electron chi connectivity index (χ0n) is 11.4. The van der Waals surface area contributed by atoms with Crippen molar-refractivity contribution in [3.63, 3.8) is 0 Å². The van der Waals surface area contributed by atoms with Gasteiger partial charge in [0.05, 0.1) is 12.2 Å². The molecule has 100 valence electrons. The molecular formula is C16H24O2. The van der Waals surface area contributed by atoms with E-state index in [9.17, 15) is 5.11 Å². The minimum atomic E-state index is -0.208. The fraction of sp³-hybridized carbons (Fsp3) is 0.625. The van der Waals surface area contributed by atoms with Crippen LogP contribution in [-0.4, -0.2) is 17.3 Å². The second-order valence-electron chi connectivity index (χ2n) is 5.33. The Kier molecular flexibility index (Phi) is 4.65. The Bertz CT molecular complexity index is 375. The first-order valence-corrected chi connectivity index (χ1v) is 7.16. The summed E-state index contributed by atoms with van der Waals surface area (Å²) in [5.41, 5.74) is 1.19. The Morgan fingerprint density at radius 2 is 2.00 bits per heavy atom. The molecule has 0 bridgehead atoms. The van der Waals surface area contributed by atoms with Crippen molar-refractivity contribution in [1.82, 2.24) is 0 Å². The molecule has 1 aliphatic carbocycles. The van der Waals surface area contributed by atoms with Crippen LogP contribution in [0.5, 0.6) is 5.75 Å². The van der Waals surface area contributed by atoms with Crippen molar-refractivity contribution in [3.05, 3.63) is 29.8 Å². The summed E-state index contributed by atoms with van der Waals surface area (Å²) in [6.07, 6.45) is 5.37. The van der Waals surface area contributed by atoms with E-state index in [0.29, 0.717) is 0 Å². The van der Waals surface area contributed by atoms with Gasteiger partial charge in [-0.3, -0.25) is 0 Å². The fourth-order valence-electron chi connectivity index (χ4n) is 2.67. The number of aliphatic hydroxyl groups excluding tert-OH is 1. The molecule has 1 fully saturated rings. The van der Waals surface area contributed by atoms with Gasteiger partial charge in [0.15, 0.2) is 0 Å². The summed E-state index contributed by atoms with van der Waals surface area (Å²) in [6.45, 7) is 4.22. The van der Waals surface area contributed by atoms with Gasteiger partial charge in [0, 0.05) is 5.92 Å². The number of rotatable bonds is 4. The highest BCUT2D eigenvalue weighted by molar-refractivity contribution is 5.37. The Labute approximate surface area is 110 Å². The molecule has 1 aromatic carbocycles. The Hall–Kier alpha value is -1.02. The predicted octanol–water partition coefficient (Wildman–Crippen LogP) is 3.88. The standard InChI is InChI=1S/C16H24O2/c1-3-12(2)18-16-11-7-5-9-14(16)13-8-4-6-10-15(13)17/h5,7,9,11-13,15,17H,3-4,6,8,10H2,1-2H3/t12?,13-,15+/m0/s1. The molecule has 2 rings (SSSR count). The van der Waals surface area contributed by atoms with E-state index in [1.54, 1.807) is 0 Å². The molecule has 0 saturated heterocycles. The van der Waals surface area contributed by atoms with Gasteiger partial charge in [-0.1, -0.05) is 38.0 Å². The van der Waals surface area contributed by atoms with Gasteiger partial charge in [-0.2, -0.15) is 0 Å². The normalized spacial score (nSPS) is 25.7. The maximum absolute atomic E-state index is 10.2. The molecule has 0 radical (unpaired) electrons. The van der Waals surface area contributed by atoms with Gasteiger partial charge in [-0.25, -0.2) is 0 Å². The second kappa shape index (κ2) is 6.24. The number of aliphatic hydroxyl groups is 1. The van der Waals surface area contributed by atoms with Gasteiger partial charge in [0.2, 0.25) is 0 Å². The third-order valence-corrected chi connectivity index (χ3v) is 3.95. The zero-order valence-corrected chi connectivity index (χ0v) is 11.4. The molecule has 1 N–H and O–H groups in total. The van der Waals surface area contributed by atoms with Gasteiger partial charge in [-0.05, 0) is 37.8 Å². The van der Waals surface area contributed by atoms with Gasteiger partial charge < -0.3 is 9.84 Å². The predicted molar refractivity (Wildman–Crippen MR) is 74.0 cm³/mol. The largest absolute Gasteiger partial charge is 0.490 e. The minimum Gasteiger partial charge on any atom is -0.490 e. The maximum Gasteiger partial charge on any atom is 0.123 e. The first-order chi connectivity index (χ1) is 8.72. The first kappa shape index (κ1) is 13.4. The quantitative estimate of drug-likeness (QED) is 0.876. The van der Waals surface area contributed by atoms with Crippen LogP contribution in [0.25, 0.3) is 0 Å². The van der Waals surface area contributed by atoms with Crippen molar-refractivity contribution in [3.8, 4) is 5.75 Å². The maximum atomic E-state index is 10.2. The van der Waals surface area contributed by atoms with E-state index in [1.165, 1.54) is 12.0 Å². The smallest absolute Gasteiger partial charge is 0.123 e. The number of hydrogen-bond acceptors (Lipinski definition) is 2. The number of hydrogen-bond donors (Lipinski definition) is 1. The summed E-state index contributed by atoms with van der Waals surface area (Å²) in [5.74, 6) is 1.21. The number of para-hydroxylation sites is 1. The third kappa shape index (κ3) is 3.05. The third-order valence-electron chi connectivity index (χ3n) is 3.95. The molecule has 2 nitrogen and oxygen atoms in total. The lowest BCUT2D eigenvalue weighted by Gasteiger charge is -2.29. The van der Waals surface area contributed by atoms with Gasteiger partial charge in [0.25, 0.3) is 0 Å². The number of benzene rings is 1. The van der Waals surface area contributed by atoms with Crippen LogP contribution in [0.3, 0.4) is 0 Å². The molecule has 0 aliphatic heterocycles. The molecule has 0 aromatic heterocycles. The van der Waals surface area contributed by atoms with Gasteiger partial charge in [0.1, 0.15) is 5.75 Å². The van der Waals surface area contributed by atoms with E-state index in [2.05, 4.69) is 19.9 Å². The summed E-state index contributed by atoms with van der Waals surface area (Å²) in [4.78, 5) is 0. The highest BCUT2D eigenvalue weighted by Gasteiger charge is 2.27. The van der Waals surface area contributed by atoms with Crippen molar-refractivity contribution < 1.29 is 9.84 Å². The van der Waals surface area contributed by atoms with Crippen molar-refractivity contribution >= 4 is 0 Å². The molecule has 0 heterocycles. The minimum absolute atomic E-state index is 0.208. The molecular weight excluding hydrogens is 224 g/mol. The van der Waals surface area contributed by atoms with Crippen molar-refractivity contribution in [2.45, 2.75) is 64.1 Å².